The molecule has 0 aliphatic heterocycles. The van der Waals surface area contributed by atoms with Gasteiger partial charge in [0, 0.05) is 13.0 Å². The van der Waals surface area contributed by atoms with Crippen molar-refractivity contribution in [1.82, 2.24) is 0 Å². The van der Waals surface area contributed by atoms with E-state index in [2.05, 4.69) is 74.6 Å². The van der Waals surface area contributed by atoms with Gasteiger partial charge in [0.25, 0.3) is 0 Å². The van der Waals surface area contributed by atoms with E-state index in [9.17, 15) is 14.3 Å². The Morgan fingerprint density at radius 3 is 1.29 bits per heavy atom. The molecule has 0 radical (unpaired) electrons. The van der Waals surface area contributed by atoms with E-state index < -0.39 is 13.9 Å². The molecule has 8 nitrogen and oxygen atoms in total. The van der Waals surface area contributed by atoms with Gasteiger partial charge in [0.05, 0.1) is 34.4 Å². The first kappa shape index (κ1) is 63.2. The minimum atomic E-state index is -4.29. The summed E-state index contributed by atoms with van der Waals surface area (Å²) in [5.41, 5.74) is 0. The molecule has 0 aliphatic carbocycles. The summed E-state index contributed by atoms with van der Waals surface area (Å²) in [5.74, 6) is -0.322. The quantitative estimate of drug-likeness (QED) is 0.0214. The molecule has 0 aromatic carbocycles. The van der Waals surface area contributed by atoms with Gasteiger partial charge in [-0.05, 0) is 83.5 Å². The van der Waals surface area contributed by atoms with E-state index in [0.29, 0.717) is 24.1 Å². The zero-order valence-electron chi connectivity index (χ0n) is 43.2. The van der Waals surface area contributed by atoms with Crippen molar-refractivity contribution >= 4 is 13.8 Å². The maximum atomic E-state index is 12.8. The molecule has 2 atom stereocenters. The van der Waals surface area contributed by atoms with Crippen molar-refractivity contribution < 1.29 is 37.3 Å². The fourth-order valence-electron chi connectivity index (χ4n) is 7.36. The van der Waals surface area contributed by atoms with E-state index in [1.165, 1.54) is 154 Å². The lowest BCUT2D eigenvalue weighted by Gasteiger charge is -2.24. The number of rotatable bonds is 50. The molecule has 380 valence electrons. The molecule has 0 fully saturated rings. The lowest BCUT2D eigenvalue weighted by Crippen LogP contribution is -2.37. The van der Waals surface area contributed by atoms with Gasteiger partial charge >= 0.3 is 13.8 Å². The van der Waals surface area contributed by atoms with Crippen molar-refractivity contribution in [3.8, 4) is 0 Å². The smallest absolute Gasteiger partial charge is 0.457 e. The standard InChI is InChI=1S/C56H104NO7P/c1-6-8-10-12-14-16-18-20-22-24-25-26-27-28-29-30-31-32-34-36-38-40-42-44-46-48-51-61-53-55(54-63-65(59,60)62-52-50-57(3,4)5)64-56(58)49-47-45-43-41-39-37-35-33-23-21-19-17-15-13-11-9-7-2/h15,17-18,20-21,23-25,27-28,55H,6-14,16,19,22,26,29-54H2,1-5H3/p+1/b17-15-,20-18-,23-21-,25-24-,28-27-. The fraction of sp³-hybridized carbons (Fsp3) is 0.804. The van der Waals surface area contributed by atoms with Gasteiger partial charge in [0.15, 0.2) is 0 Å². The van der Waals surface area contributed by atoms with E-state index in [0.717, 1.165) is 57.8 Å². The second-order valence-corrected chi connectivity index (χ2v) is 20.7. The fourth-order valence-corrected chi connectivity index (χ4v) is 8.10. The predicted octanol–water partition coefficient (Wildman–Crippen LogP) is 16.8. The number of allylic oxidation sites excluding steroid dienone is 10. The Labute approximate surface area is 402 Å². The van der Waals surface area contributed by atoms with Crippen LogP contribution in [-0.4, -0.2) is 75.6 Å². The second kappa shape index (κ2) is 48.6. The summed E-state index contributed by atoms with van der Waals surface area (Å²) in [6.07, 6.45) is 62.7. The number of nitrogens with zero attached hydrogens (tertiary/aromatic N) is 1. The second-order valence-electron chi connectivity index (χ2n) is 19.3. The molecule has 0 rings (SSSR count). The number of carbonyl (C=O) groups is 1. The number of quaternary nitrogens is 1. The number of ether oxygens (including phenoxy) is 2. The molecule has 0 spiro atoms. The summed E-state index contributed by atoms with van der Waals surface area (Å²) in [4.78, 5) is 23.0. The zero-order chi connectivity index (χ0) is 47.6. The molecule has 0 saturated carbocycles. The van der Waals surface area contributed by atoms with Crippen LogP contribution in [0.2, 0.25) is 0 Å². The van der Waals surface area contributed by atoms with Crippen LogP contribution in [0.4, 0.5) is 0 Å². The monoisotopic (exact) mass is 935 g/mol. The van der Waals surface area contributed by atoms with Crippen LogP contribution in [0, 0.1) is 0 Å². The van der Waals surface area contributed by atoms with Crippen LogP contribution in [0.15, 0.2) is 60.8 Å². The van der Waals surface area contributed by atoms with Gasteiger partial charge in [0.1, 0.15) is 19.3 Å². The molecule has 0 aliphatic rings. The summed E-state index contributed by atoms with van der Waals surface area (Å²) < 4.78 is 35.2. The van der Waals surface area contributed by atoms with Crippen molar-refractivity contribution in [2.45, 2.75) is 238 Å². The molecule has 1 N–H and O–H groups in total. The van der Waals surface area contributed by atoms with Crippen LogP contribution in [0.3, 0.4) is 0 Å². The Bertz CT molecular complexity index is 1220. The van der Waals surface area contributed by atoms with Gasteiger partial charge in [0.2, 0.25) is 0 Å². The predicted molar refractivity (Wildman–Crippen MR) is 279 cm³/mol. The highest BCUT2D eigenvalue weighted by atomic mass is 31.2. The average molecular weight is 935 g/mol. The normalized spacial score (nSPS) is 14.0. The van der Waals surface area contributed by atoms with Crippen molar-refractivity contribution in [1.29, 1.82) is 0 Å². The number of phosphoric acid groups is 1. The van der Waals surface area contributed by atoms with Crippen LogP contribution >= 0.6 is 7.82 Å². The third-order valence-electron chi connectivity index (χ3n) is 11.6. The summed E-state index contributed by atoms with van der Waals surface area (Å²) >= 11 is 0. The SMILES string of the molecule is CCCCC/C=C\C/C=C\CCCCCCCCCC(=O)OC(COCCCCCCCCCCCCC/C=C\C/C=C\C/C=C\CCCCCCC)COP(=O)(O)OCC[N+](C)(C)C. The van der Waals surface area contributed by atoms with Gasteiger partial charge < -0.3 is 18.9 Å². The number of likely N-dealkylation sites (N-methyl/N-ethyl adjacent to an activating group) is 1. The van der Waals surface area contributed by atoms with Crippen molar-refractivity contribution in [3.63, 3.8) is 0 Å². The first-order valence-corrected chi connectivity index (χ1v) is 28.5. The van der Waals surface area contributed by atoms with Crippen molar-refractivity contribution in [2.75, 3.05) is 54.1 Å². The minimum Gasteiger partial charge on any atom is -0.457 e. The number of hydrogen-bond donors (Lipinski definition) is 1. The zero-order valence-corrected chi connectivity index (χ0v) is 44.1. The average Bonchev–Trinajstić information content (AvgIpc) is 3.27. The van der Waals surface area contributed by atoms with Crippen LogP contribution in [0.5, 0.6) is 0 Å². The molecule has 9 heteroatoms. The first-order valence-electron chi connectivity index (χ1n) is 27.0. The maximum Gasteiger partial charge on any atom is 0.472 e. The Kier molecular flexibility index (Phi) is 47.3. The van der Waals surface area contributed by atoms with E-state index in [1.54, 1.807) is 0 Å². The highest BCUT2D eigenvalue weighted by Crippen LogP contribution is 2.43. The minimum absolute atomic E-state index is 0.0846. The first-order chi connectivity index (χ1) is 31.6. The summed E-state index contributed by atoms with van der Waals surface area (Å²) in [6.45, 7) is 5.59. The largest absolute Gasteiger partial charge is 0.472 e. The van der Waals surface area contributed by atoms with Crippen molar-refractivity contribution in [2.24, 2.45) is 0 Å². The molecule has 2 unspecified atom stereocenters. The number of phosphoric ester groups is 1. The molecule has 65 heavy (non-hydrogen) atoms. The van der Waals surface area contributed by atoms with Crippen LogP contribution in [0.25, 0.3) is 0 Å². The Morgan fingerprint density at radius 1 is 0.477 bits per heavy atom. The highest BCUT2D eigenvalue weighted by molar-refractivity contribution is 7.47. The van der Waals surface area contributed by atoms with Crippen LogP contribution in [0.1, 0.15) is 232 Å². The lowest BCUT2D eigenvalue weighted by atomic mass is 10.1. The van der Waals surface area contributed by atoms with Gasteiger partial charge in [-0.1, -0.05) is 203 Å². The summed E-state index contributed by atoms with van der Waals surface area (Å²) in [6, 6.07) is 0. The molecular weight excluding hydrogens is 830 g/mol. The number of carbonyl (C=O) groups excluding carboxylic acids is 1. The Hall–Kier alpha value is -1.80. The molecule has 0 heterocycles. The van der Waals surface area contributed by atoms with Gasteiger partial charge in [-0.25, -0.2) is 4.57 Å². The topological polar surface area (TPSA) is 91.3 Å². The van der Waals surface area contributed by atoms with Crippen LogP contribution in [-0.2, 0) is 27.9 Å². The van der Waals surface area contributed by atoms with E-state index in [-0.39, 0.29) is 25.8 Å². The Morgan fingerprint density at radius 2 is 0.846 bits per heavy atom. The van der Waals surface area contributed by atoms with Gasteiger partial charge in [-0.15, -0.1) is 0 Å². The van der Waals surface area contributed by atoms with Gasteiger partial charge in [-0.2, -0.15) is 0 Å². The van der Waals surface area contributed by atoms with Crippen molar-refractivity contribution in [3.05, 3.63) is 60.8 Å². The summed E-state index contributed by atoms with van der Waals surface area (Å²) in [7, 11) is 1.66. The highest BCUT2D eigenvalue weighted by Gasteiger charge is 2.26. The number of esters is 1. The summed E-state index contributed by atoms with van der Waals surface area (Å²) in [5, 5.41) is 0. The maximum absolute atomic E-state index is 12.8. The molecule has 0 amide bonds. The van der Waals surface area contributed by atoms with E-state index >= 15 is 0 Å². The lowest BCUT2D eigenvalue weighted by molar-refractivity contribution is -0.870. The molecule has 0 aromatic heterocycles. The van der Waals surface area contributed by atoms with E-state index in [4.69, 9.17) is 18.5 Å². The van der Waals surface area contributed by atoms with Crippen LogP contribution < -0.4 is 0 Å². The number of hydrogen-bond acceptors (Lipinski definition) is 6. The van der Waals surface area contributed by atoms with Gasteiger partial charge in [-0.3, -0.25) is 13.8 Å². The molecular formula is C56H105NO7P+. The molecule has 0 saturated heterocycles. The van der Waals surface area contributed by atoms with E-state index in [1.807, 2.05) is 21.1 Å². The Balaban J connectivity index is 4.10. The third kappa shape index (κ3) is 53.0. The third-order valence-corrected chi connectivity index (χ3v) is 12.5. The molecule has 0 aromatic rings. The molecule has 0 bridgehead atoms. The number of unbranched alkanes of at least 4 members (excludes halogenated alkanes) is 26.